The van der Waals surface area contributed by atoms with Crippen LogP contribution in [0.1, 0.15) is 56.9 Å². The van der Waals surface area contributed by atoms with Gasteiger partial charge in [-0.3, -0.25) is 4.99 Å². The second-order valence-corrected chi connectivity index (χ2v) is 9.52. The SMILES string of the molecule is CC1=Cc2c(ncnc2N2CCC(C)(C3=NC(C)=C(c4ccc(Cl)cc4)C3)CC2)C1. The van der Waals surface area contributed by atoms with Crippen molar-refractivity contribution >= 4 is 34.8 Å². The summed E-state index contributed by atoms with van der Waals surface area (Å²) in [6, 6.07) is 8.14. The first-order valence-electron chi connectivity index (χ1n) is 10.7. The summed E-state index contributed by atoms with van der Waals surface area (Å²) in [6.07, 6.45) is 8.05. The van der Waals surface area contributed by atoms with E-state index < -0.39 is 0 Å². The standard InChI is InChI=1S/C25H27ClN4/c1-16-12-21-22(13-16)27-15-28-24(21)30-10-8-25(3,9-11-30)23-14-20(17(2)29-23)18-4-6-19(26)7-5-18/h4-7,12,15H,8-11,13-14H2,1-3H3. The van der Waals surface area contributed by atoms with Crippen molar-refractivity contribution in [1.82, 2.24) is 9.97 Å². The summed E-state index contributed by atoms with van der Waals surface area (Å²) in [5.74, 6) is 1.10. The van der Waals surface area contributed by atoms with Gasteiger partial charge in [-0.2, -0.15) is 0 Å². The van der Waals surface area contributed by atoms with E-state index in [9.17, 15) is 0 Å². The molecule has 0 atom stereocenters. The Morgan fingerprint density at radius 1 is 1.00 bits per heavy atom. The summed E-state index contributed by atoms with van der Waals surface area (Å²) in [5.41, 5.74) is 8.92. The number of fused-ring (bicyclic) bond motifs is 1. The molecule has 0 amide bonds. The molecule has 3 heterocycles. The molecule has 2 aromatic rings. The number of aromatic nitrogens is 2. The predicted octanol–water partition coefficient (Wildman–Crippen LogP) is 5.97. The Balaban J connectivity index is 1.31. The molecule has 0 radical (unpaired) electrons. The quantitative estimate of drug-likeness (QED) is 0.616. The van der Waals surface area contributed by atoms with E-state index in [0.29, 0.717) is 0 Å². The van der Waals surface area contributed by atoms with E-state index >= 15 is 0 Å². The van der Waals surface area contributed by atoms with Crippen molar-refractivity contribution in [2.45, 2.75) is 46.5 Å². The van der Waals surface area contributed by atoms with Gasteiger partial charge in [0.2, 0.25) is 0 Å². The maximum atomic E-state index is 6.07. The Hall–Kier alpha value is -2.46. The Bertz CT molecular complexity index is 1090. The summed E-state index contributed by atoms with van der Waals surface area (Å²) in [5, 5.41) is 0.775. The first kappa shape index (κ1) is 19.5. The van der Waals surface area contributed by atoms with Gasteiger partial charge in [0, 0.05) is 53.3 Å². The lowest BCUT2D eigenvalue weighted by atomic mass is 9.74. The molecule has 5 rings (SSSR count). The Labute approximate surface area is 183 Å². The molecule has 5 heteroatoms. The first-order chi connectivity index (χ1) is 14.4. The van der Waals surface area contributed by atoms with E-state index in [1.807, 2.05) is 12.1 Å². The Morgan fingerprint density at radius 3 is 2.47 bits per heavy atom. The number of anilines is 1. The van der Waals surface area contributed by atoms with Crippen LogP contribution in [0.2, 0.25) is 5.02 Å². The highest BCUT2D eigenvalue weighted by Crippen LogP contribution is 2.42. The summed E-state index contributed by atoms with van der Waals surface area (Å²) >= 11 is 6.07. The van der Waals surface area contributed by atoms with Crippen LogP contribution >= 0.6 is 11.6 Å². The average molecular weight is 419 g/mol. The molecular formula is C25H27ClN4. The van der Waals surface area contributed by atoms with Gasteiger partial charge in [-0.25, -0.2) is 9.97 Å². The highest BCUT2D eigenvalue weighted by atomic mass is 35.5. The summed E-state index contributed by atoms with van der Waals surface area (Å²) in [6.45, 7) is 8.69. The monoisotopic (exact) mass is 418 g/mol. The number of rotatable bonds is 3. The zero-order valence-corrected chi connectivity index (χ0v) is 18.6. The van der Waals surface area contributed by atoms with Gasteiger partial charge in [-0.05, 0) is 50.0 Å². The van der Waals surface area contributed by atoms with Gasteiger partial charge in [0.05, 0.1) is 5.69 Å². The number of aliphatic imine (C=N–C) groups is 1. The Morgan fingerprint density at radius 2 is 1.73 bits per heavy atom. The van der Waals surface area contributed by atoms with Crippen LogP contribution < -0.4 is 4.90 Å². The molecule has 0 unspecified atom stereocenters. The van der Waals surface area contributed by atoms with E-state index in [0.717, 1.165) is 55.3 Å². The van der Waals surface area contributed by atoms with Gasteiger partial charge >= 0.3 is 0 Å². The average Bonchev–Trinajstić information content (AvgIpc) is 3.31. The maximum absolute atomic E-state index is 6.07. The zero-order valence-electron chi connectivity index (χ0n) is 17.9. The van der Waals surface area contributed by atoms with Crippen LogP contribution in [0.4, 0.5) is 5.82 Å². The van der Waals surface area contributed by atoms with E-state index in [2.05, 4.69) is 53.8 Å². The van der Waals surface area contributed by atoms with Crippen molar-refractivity contribution in [2.24, 2.45) is 10.4 Å². The van der Waals surface area contributed by atoms with Gasteiger partial charge in [-0.1, -0.05) is 42.3 Å². The van der Waals surface area contributed by atoms with Crippen LogP contribution in [-0.4, -0.2) is 28.8 Å². The van der Waals surface area contributed by atoms with Crippen LogP contribution in [0.25, 0.3) is 11.6 Å². The number of benzene rings is 1. The molecule has 1 aromatic carbocycles. The van der Waals surface area contributed by atoms with Crippen molar-refractivity contribution in [2.75, 3.05) is 18.0 Å². The normalized spacial score (nSPS) is 20.3. The second kappa shape index (κ2) is 7.35. The van der Waals surface area contributed by atoms with Crippen molar-refractivity contribution in [3.63, 3.8) is 0 Å². The molecule has 0 bridgehead atoms. The van der Waals surface area contributed by atoms with E-state index in [-0.39, 0.29) is 5.41 Å². The lowest BCUT2D eigenvalue weighted by Crippen LogP contribution is -2.43. The minimum atomic E-state index is 0.133. The number of halogens is 1. The lowest BCUT2D eigenvalue weighted by molar-refractivity contribution is 0.351. The highest BCUT2D eigenvalue weighted by Gasteiger charge is 2.38. The number of nitrogens with zero attached hydrogens (tertiary/aromatic N) is 4. The first-order valence-corrected chi connectivity index (χ1v) is 11.1. The van der Waals surface area contributed by atoms with Crippen LogP contribution in [0.3, 0.4) is 0 Å². The fourth-order valence-electron chi connectivity index (χ4n) is 4.94. The van der Waals surface area contributed by atoms with Crippen LogP contribution in [0, 0.1) is 5.41 Å². The van der Waals surface area contributed by atoms with Crippen molar-refractivity contribution in [3.05, 3.63) is 63.7 Å². The predicted molar refractivity (Wildman–Crippen MR) is 125 cm³/mol. The number of allylic oxidation sites excluding steroid dienone is 3. The van der Waals surface area contributed by atoms with E-state index in [4.69, 9.17) is 16.6 Å². The fraction of sp³-hybridized carbons (Fsp3) is 0.400. The molecule has 1 fully saturated rings. The third kappa shape index (κ3) is 3.37. The summed E-state index contributed by atoms with van der Waals surface area (Å²) in [7, 11) is 0. The largest absolute Gasteiger partial charge is 0.356 e. The lowest BCUT2D eigenvalue weighted by Gasteiger charge is -2.40. The molecule has 1 saturated heterocycles. The van der Waals surface area contributed by atoms with Gasteiger partial charge in [0.15, 0.2) is 0 Å². The third-order valence-electron chi connectivity index (χ3n) is 6.92. The Kier molecular flexibility index (Phi) is 4.78. The smallest absolute Gasteiger partial charge is 0.139 e. The van der Waals surface area contributed by atoms with Gasteiger partial charge in [-0.15, -0.1) is 0 Å². The number of hydrogen-bond acceptors (Lipinski definition) is 4. The van der Waals surface area contributed by atoms with Crippen molar-refractivity contribution in [3.8, 4) is 0 Å². The molecule has 0 N–H and O–H groups in total. The van der Waals surface area contributed by atoms with E-state index in [1.54, 1.807) is 6.33 Å². The molecule has 3 aliphatic rings. The molecule has 4 nitrogen and oxygen atoms in total. The zero-order chi connectivity index (χ0) is 20.9. The van der Waals surface area contributed by atoms with Gasteiger partial charge in [0.25, 0.3) is 0 Å². The minimum Gasteiger partial charge on any atom is -0.356 e. The second-order valence-electron chi connectivity index (χ2n) is 9.08. The van der Waals surface area contributed by atoms with Crippen molar-refractivity contribution in [1.29, 1.82) is 0 Å². The fourth-order valence-corrected chi connectivity index (χ4v) is 5.07. The maximum Gasteiger partial charge on any atom is 0.139 e. The molecule has 30 heavy (non-hydrogen) atoms. The minimum absolute atomic E-state index is 0.133. The van der Waals surface area contributed by atoms with Crippen LogP contribution in [-0.2, 0) is 6.42 Å². The van der Waals surface area contributed by atoms with Crippen LogP contribution in [0.15, 0.2) is 46.9 Å². The molecule has 154 valence electrons. The highest BCUT2D eigenvalue weighted by molar-refractivity contribution is 6.30. The molecule has 2 aliphatic heterocycles. The third-order valence-corrected chi connectivity index (χ3v) is 7.17. The van der Waals surface area contributed by atoms with Gasteiger partial charge in [0.1, 0.15) is 12.1 Å². The molecule has 1 aromatic heterocycles. The molecule has 0 saturated carbocycles. The number of hydrogen-bond donors (Lipinski definition) is 0. The van der Waals surface area contributed by atoms with Gasteiger partial charge < -0.3 is 4.90 Å². The summed E-state index contributed by atoms with van der Waals surface area (Å²) in [4.78, 5) is 16.6. The molecular weight excluding hydrogens is 392 g/mol. The number of piperidine rings is 1. The molecule has 1 aliphatic carbocycles. The topological polar surface area (TPSA) is 41.4 Å². The van der Waals surface area contributed by atoms with Crippen LogP contribution in [0.5, 0.6) is 0 Å². The van der Waals surface area contributed by atoms with Crippen molar-refractivity contribution < 1.29 is 0 Å². The summed E-state index contributed by atoms with van der Waals surface area (Å²) < 4.78 is 0. The van der Waals surface area contributed by atoms with E-state index in [1.165, 1.54) is 33.7 Å². The molecule has 0 spiro atoms.